The van der Waals surface area contributed by atoms with Crippen molar-refractivity contribution >= 4 is 0 Å². The summed E-state index contributed by atoms with van der Waals surface area (Å²) >= 11 is 0. The highest BCUT2D eigenvalue weighted by Gasteiger charge is 2.19. The van der Waals surface area contributed by atoms with Crippen LogP contribution in [-0.4, -0.2) is 10.1 Å². The molecule has 0 fully saturated rings. The van der Waals surface area contributed by atoms with Crippen molar-refractivity contribution < 1.29 is 13.9 Å². The Morgan fingerprint density at radius 1 is 1.64 bits per heavy atom. The fraction of sp³-hybridized carbons (Fsp3) is 0.333. The minimum absolute atomic E-state index is 0.0408. The van der Waals surface area contributed by atoms with Gasteiger partial charge in [0.15, 0.2) is 0 Å². The first-order valence-electron chi connectivity index (χ1n) is 3.89. The fourth-order valence-electron chi connectivity index (χ4n) is 1.20. The third kappa shape index (κ3) is 1.70. The van der Waals surface area contributed by atoms with E-state index >= 15 is 0 Å². The second-order valence-corrected chi connectivity index (χ2v) is 2.72. The first-order valence-corrected chi connectivity index (χ1v) is 3.89. The van der Waals surface area contributed by atoms with Gasteiger partial charge in [-0.05, 0) is 6.92 Å². The van der Waals surface area contributed by atoms with E-state index < -0.39 is 18.6 Å². The molecule has 0 aliphatic heterocycles. The van der Waals surface area contributed by atoms with Crippen molar-refractivity contribution in [3.05, 3.63) is 28.6 Å². The van der Waals surface area contributed by atoms with Crippen molar-refractivity contribution in [3.63, 3.8) is 0 Å². The molecule has 0 saturated carbocycles. The average Bonchev–Trinajstić information content (AvgIpc) is 2.17. The van der Waals surface area contributed by atoms with Crippen LogP contribution in [0, 0.1) is 18.3 Å². The van der Waals surface area contributed by atoms with Gasteiger partial charge in [-0.25, -0.2) is 8.78 Å². The standard InChI is InChI=1S/C9H8F2N2O/c1-5-7(4-14)8(9(10)11)6(2-12)3-13-5/h3,9,14H,4H2,1H3. The number of hydrogen-bond acceptors (Lipinski definition) is 3. The van der Waals surface area contributed by atoms with Crippen LogP contribution in [0.15, 0.2) is 6.20 Å². The van der Waals surface area contributed by atoms with E-state index in [1.165, 1.54) is 6.92 Å². The van der Waals surface area contributed by atoms with Crippen molar-refractivity contribution in [1.82, 2.24) is 4.98 Å². The Kier molecular flexibility index (Phi) is 3.10. The Hall–Kier alpha value is -1.54. The van der Waals surface area contributed by atoms with Gasteiger partial charge in [-0.3, -0.25) is 4.98 Å². The summed E-state index contributed by atoms with van der Waals surface area (Å²) in [5.74, 6) is 0. The van der Waals surface area contributed by atoms with Gasteiger partial charge in [0.05, 0.1) is 12.2 Å². The molecule has 1 heterocycles. The molecule has 0 amide bonds. The van der Waals surface area contributed by atoms with Crippen LogP contribution >= 0.6 is 0 Å². The van der Waals surface area contributed by atoms with Gasteiger partial charge in [-0.2, -0.15) is 5.26 Å². The number of aromatic nitrogens is 1. The van der Waals surface area contributed by atoms with Gasteiger partial charge >= 0.3 is 0 Å². The van der Waals surface area contributed by atoms with Crippen molar-refractivity contribution in [2.75, 3.05) is 0 Å². The van der Waals surface area contributed by atoms with Crippen LogP contribution < -0.4 is 0 Å². The quantitative estimate of drug-likeness (QED) is 0.786. The number of pyridine rings is 1. The monoisotopic (exact) mass is 198 g/mol. The molecule has 0 unspecified atom stereocenters. The molecular weight excluding hydrogens is 190 g/mol. The van der Waals surface area contributed by atoms with Gasteiger partial charge < -0.3 is 5.11 Å². The second-order valence-electron chi connectivity index (χ2n) is 2.72. The summed E-state index contributed by atoms with van der Waals surface area (Å²) in [5.41, 5.74) is -0.238. The summed E-state index contributed by atoms with van der Waals surface area (Å²) in [6.07, 6.45) is -1.68. The van der Waals surface area contributed by atoms with E-state index in [9.17, 15) is 8.78 Å². The van der Waals surface area contributed by atoms with Crippen LogP contribution in [0.4, 0.5) is 8.78 Å². The van der Waals surface area contributed by atoms with Crippen LogP contribution in [0.3, 0.4) is 0 Å². The molecule has 0 radical (unpaired) electrons. The molecule has 0 saturated heterocycles. The Morgan fingerprint density at radius 3 is 2.71 bits per heavy atom. The van der Waals surface area contributed by atoms with Crippen LogP contribution in [0.2, 0.25) is 0 Å². The maximum atomic E-state index is 12.6. The van der Waals surface area contributed by atoms with Crippen LogP contribution in [-0.2, 0) is 6.61 Å². The molecule has 1 aromatic rings. The molecular formula is C9H8F2N2O. The smallest absolute Gasteiger partial charge is 0.265 e. The summed E-state index contributed by atoms with van der Waals surface area (Å²) in [5, 5.41) is 17.5. The maximum Gasteiger partial charge on any atom is 0.265 e. The largest absolute Gasteiger partial charge is 0.392 e. The van der Waals surface area contributed by atoms with Gasteiger partial charge in [-0.15, -0.1) is 0 Å². The average molecular weight is 198 g/mol. The number of nitriles is 1. The zero-order chi connectivity index (χ0) is 10.7. The van der Waals surface area contributed by atoms with Crippen molar-refractivity contribution in [1.29, 1.82) is 5.26 Å². The minimum atomic E-state index is -2.77. The number of aliphatic hydroxyl groups is 1. The number of hydrogen-bond donors (Lipinski definition) is 1. The van der Waals surface area contributed by atoms with E-state index in [-0.39, 0.29) is 11.1 Å². The lowest BCUT2D eigenvalue weighted by molar-refractivity contribution is 0.146. The zero-order valence-electron chi connectivity index (χ0n) is 7.46. The Balaban J connectivity index is 3.46. The van der Waals surface area contributed by atoms with E-state index in [1.807, 2.05) is 0 Å². The molecule has 0 aromatic carbocycles. The predicted octanol–water partition coefficient (Wildman–Crippen LogP) is 1.69. The molecule has 0 atom stereocenters. The predicted molar refractivity (Wildman–Crippen MR) is 44.6 cm³/mol. The van der Waals surface area contributed by atoms with Gasteiger partial charge in [0.25, 0.3) is 6.43 Å². The van der Waals surface area contributed by atoms with Gasteiger partial charge in [0.1, 0.15) is 6.07 Å². The van der Waals surface area contributed by atoms with E-state index in [4.69, 9.17) is 10.4 Å². The lowest BCUT2D eigenvalue weighted by Gasteiger charge is -2.10. The van der Waals surface area contributed by atoms with Crippen LogP contribution in [0.5, 0.6) is 0 Å². The second kappa shape index (κ2) is 4.11. The molecule has 3 nitrogen and oxygen atoms in total. The van der Waals surface area contributed by atoms with Crippen LogP contribution in [0.25, 0.3) is 0 Å². The first-order chi connectivity index (χ1) is 6.61. The van der Waals surface area contributed by atoms with Crippen LogP contribution in [0.1, 0.15) is 28.8 Å². The third-order valence-electron chi connectivity index (χ3n) is 1.94. The summed E-state index contributed by atoms with van der Waals surface area (Å²) in [6.45, 7) is 0.979. The molecule has 1 aromatic heterocycles. The summed E-state index contributed by atoms with van der Waals surface area (Å²) < 4.78 is 25.1. The number of nitrogens with zero attached hydrogens (tertiary/aromatic N) is 2. The van der Waals surface area contributed by atoms with Crippen molar-refractivity contribution in [2.45, 2.75) is 20.0 Å². The van der Waals surface area contributed by atoms with Gasteiger partial charge in [0.2, 0.25) is 0 Å². The highest BCUT2D eigenvalue weighted by Crippen LogP contribution is 2.27. The highest BCUT2D eigenvalue weighted by atomic mass is 19.3. The van der Waals surface area contributed by atoms with Crippen molar-refractivity contribution in [3.8, 4) is 6.07 Å². The van der Waals surface area contributed by atoms with Gasteiger partial charge in [0, 0.05) is 23.0 Å². The summed E-state index contributed by atoms with van der Waals surface area (Å²) in [4.78, 5) is 3.75. The molecule has 0 bridgehead atoms. The maximum absolute atomic E-state index is 12.6. The fourth-order valence-corrected chi connectivity index (χ4v) is 1.20. The third-order valence-corrected chi connectivity index (χ3v) is 1.94. The molecule has 0 aliphatic carbocycles. The number of aliphatic hydroxyl groups excluding tert-OH is 1. The molecule has 5 heteroatoms. The summed E-state index contributed by atoms with van der Waals surface area (Å²) in [7, 11) is 0. The zero-order valence-corrected chi connectivity index (χ0v) is 7.46. The molecule has 0 spiro atoms. The Morgan fingerprint density at radius 2 is 2.29 bits per heavy atom. The molecule has 1 rings (SSSR count). The number of halogens is 2. The van der Waals surface area contributed by atoms with Gasteiger partial charge in [-0.1, -0.05) is 0 Å². The van der Waals surface area contributed by atoms with E-state index in [1.54, 1.807) is 6.07 Å². The number of rotatable bonds is 2. The lowest BCUT2D eigenvalue weighted by Crippen LogP contribution is -2.03. The Bertz CT molecular complexity index is 385. The first kappa shape index (κ1) is 10.5. The SMILES string of the molecule is Cc1ncc(C#N)c(C(F)F)c1CO. The van der Waals surface area contributed by atoms with Crippen molar-refractivity contribution in [2.24, 2.45) is 0 Å². The highest BCUT2D eigenvalue weighted by molar-refractivity contribution is 5.43. The summed E-state index contributed by atoms with van der Waals surface area (Å²) in [6, 6.07) is 1.63. The normalized spacial score (nSPS) is 10.3. The minimum Gasteiger partial charge on any atom is -0.392 e. The van der Waals surface area contributed by atoms with E-state index in [0.29, 0.717) is 5.69 Å². The molecule has 74 valence electrons. The molecule has 0 aliphatic rings. The number of aryl methyl sites for hydroxylation is 1. The topological polar surface area (TPSA) is 56.9 Å². The van der Waals surface area contributed by atoms with E-state index in [0.717, 1.165) is 6.20 Å². The lowest BCUT2D eigenvalue weighted by atomic mass is 10.0. The molecule has 1 N–H and O–H groups in total. The molecule has 14 heavy (non-hydrogen) atoms. The number of alkyl halides is 2. The Labute approximate surface area is 79.6 Å². The van der Waals surface area contributed by atoms with E-state index in [2.05, 4.69) is 4.98 Å².